The maximum Gasteiger partial charge on any atom is -0.0225 e. The fourth-order valence-electron chi connectivity index (χ4n) is 1.05. The molecule has 0 fully saturated rings. The standard InChI is InChI=1S/C11H20/c1-6-7-10(4)8-11(5)9(2)3/h6-7,9-10H,5,8H2,1-4H3. The normalized spacial score (nSPS) is 14.3. The highest BCUT2D eigenvalue weighted by Gasteiger charge is 2.03. The molecule has 0 nitrogen and oxygen atoms in total. The summed E-state index contributed by atoms with van der Waals surface area (Å²) in [5.41, 5.74) is 1.36. The summed E-state index contributed by atoms with van der Waals surface area (Å²) in [4.78, 5) is 0. The van der Waals surface area contributed by atoms with Gasteiger partial charge in [0.25, 0.3) is 0 Å². The summed E-state index contributed by atoms with van der Waals surface area (Å²) in [6.07, 6.45) is 5.47. The van der Waals surface area contributed by atoms with Crippen LogP contribution in [0, 0.1) is 11.8 Å². The second-order valence-corrected chi connectivity index (χ2v) is 3.52. The van der Waals surface area contributed by atoms with E-state index in [1.165, 1.54) is 5.57 Å². The maximum atomic E-state index is 4.04. The van der Waals surface area contributed by atoms with Crippen molar-refractivity contribution in [1.29, 1.82) is 0 Å². The molecule has 0 N–H and O–H groups in total. The Hall–Kier alpha value is -0.520. The Labute approximate surface area is 71.0 Å². The van der Waals surface area contributed by atoms with E-state index < -0.39 is 0 Å². The third-order valence-corrected chi connectivity index (χ3v) is 1.92. The Kier molecular flexibility index (Phi) is 4.93. The van der Waals surface area contributed by atoms with Gasteiger partial charge in [0.1, 0.15) is 0 Å². The molecule has 0 bridgehead atoms. The molecule has 0 saturated carbocycles. The molecular formula is C11H20. The molecule has 1 unspecified atom stereocenters. The van der Waals surface area contributed by atoms with Gasteiger partial charge in [-0.1, -0.05) is 45.1 Å². The van der Waals surface area contributed by atoms with Crippen molar-refractivity contribution in [2.75, 3.05) is 0 Å². The molecule has 0 aromatic rings. The number of hydrogen-bond donors (Lipinski definition) is 0. The highest BCUT2D eigenvalue weighted by molar-refractivity contribution is 5.01. The van der Waals surface area contributed by atoms with Crippen LogP contribution in [0.5, 0.6) is 0 Å². The lowest BCUT2D eigenvalue weighted by Crippen LogP contribution is -1.98. The maximum absolute atomic E-state index is 4.04. The quantitative estimate of drug-likeness (QED) is 0.537. The van der Waals surface area contributed by atoms with Crippen LogP contribution in [0.15, 0.2) is 24.3 Å². The highest BCUT2D eigenvalue weighted by atomic mass is 14.1. The van der Waals surface area contributed by atoms with Gasteiger partial charge in [0.2, 0.25) is 0 Å². The van der Waals surface area contributed by atoms with Crippen LogP contribution in [0.3, 0.4) is 0 Å². The molecule has 0 aliphatic heterocycles. The van der Waals surface area contributed by atoms with E-state index >= 15 is 0 Å². The average Bonchev–Trinajstić information content (AvgIpc) is 1.87. The van der Waals surface area contributed by atoms with Crippen molar-refractivity contribution in [3.05, 3.63) is 24.3 Å². The van der Waals surface area contributed by atoms with E-state index in [0.717, 1.165) is 6.42 Å². The van der Waals surface area contributed by atoms with Gasteiger partial charge in [0.05, 0.1) is 0 Å². The fraction of sp³-hybridized carbons (Fsp3) is 0.636. The summed E-state index contributed by atoms with van der Waals surface area (Å²) in [6.45, 7) is 12.7. The van der Waals surface area contributed by atoms with Crippen molar-refractivity contribution < 1.29 is 0 Å². The summed E-state index contributed by atoms with van der Waals surface area (Å²) < 4.78 is 0. The van der Waals surface area contributed by atoms with Crippen molar-refractivity contribution in [3.8, 4) is 0 Å². The summed E-state index contributed by atoms with van der Waals surface area (Å²) in [5.74, 6) is 1.28. The Morgan fingerprint density at radius 2 is 1.91 bits per heavy atom. The Morgan fingerprint density at radius 3 is 2.27 bits per heavy atom. The third kappa shape index (κ3) is 4.83. The first-order chi connectivity index (χ1) is 5.07. The first kappa shape index (κ1) is 10.5. The van der Waals surface area contributed by atoms with E-state index in [1.54, 1.807) is 0 Å². The molecule has 1 atom stereocenters. The zero-order valence-electron chi connectivity index (χ0n) is 8.22. The predicted molar refractivity (Wildman–Crippen MR) is 52.6 cm³/mol. The van der Waals surface area contributed by atoms with Gasteiger partial charge in [0, 0.05) is 0 Å². The number of allylic oxidation sites excluding steroid dienone is 3. The second kappa shape index (κ2) is 5.17. The summed E-state index contributed by atoms with van der Waals surface area (Å²) >= 11 is 0. The van der Waals surface area contributed by atoms with Crippen LogP contribution in [0.1, 0.15) is 34.1 Å². The topological polar surface area (TPSA) is 0 Å². The van der Waals surface area contributed by atoms with E-state index in [0.29, 0.717) is 11.8 Å². The summed E-state index contributed by atoms with van der Waals surface area (Å²) in [7, 11) is 0. The molecule has 0 aliphatic rings. The van der Waals surface area contributed by atoms with Crippen LogP contribution in [0.4, 0.5) is 0 Å². The first-order valence-corrected chi connectivity index (χ1v) is 4.38. The minimum Gasteiger partial charge on any atom is -0.0996 e. The van der Waals surface area contributed by atoms with Crippen molar-refractivity contribution in [2.24, 2.45) is 11.8 Å². The number of rotatable bonds is 4. The fourth-order valence-corrected chi connectivity index (χ4v) is 1.05. The lowest BCUT2D eigenvalue weighted by molar-refractivity contribution is 0.634. The zero-order chi connectivity index (χ0) is 8.85. The molecule has 64 valence electrons. The smallest absolute Gasteiger partial charge is 0.0225 e. The summed E-state index contributed by atoms with van der Waals surface area (Å²) in [5, 5.41) is 0. The van der Waals surface area contributed by atoms with E-state index in [1.807, 2.05) is 0 Å². The predicted octanol–water partition coefficient (Wildman–Crippen LogP) is 3.80. The van der Waals surface area contributed by atoms with Gasteiger partial charge in [-0.05, 0) is 25.2 Å². The lowest BCUT2D eigenvalue weighted by atomic mass is 9.94. The first-order valence-electron chi connectivity index (χ1n) is 4.38. The van der Waals surface area contributed by atoms with Gasteiger partial charge in [-0.3, -0.25) is 0 Å². The van der Waals surface area contributed by atoms with E-state index in [9.17, 15) is 0 Å². The molecule has 0 spiro atoms. The molecule has 0 radical (unpaired) electrons. The van der Waals surface area contributed by atoms with E-state index in [4.69, 9.17) is 0 Å². The van der Waals surface area contributed by atoms with Crippen molar-refractivity contribution >= 4 is 0 Å². The molecule has 0 heteroatoms. The third-order valence-electron chi connectivity index (χ3n) is 1.92. The molecule has 0 aromatic heterocycles. The monoisotopic (exact) mass is 152 g/mol. The molecule has 0 amide bonds. The van der Waals surface area contributed by atoms with Crippen molar-refractivity contribution in [3.63, 3.8) is 0 Å². The Balaban J connectivity index is 3.75. The van der Waals surface area contributed by atoms with Crippen LogP contribution in [-0.2, 0) is 0 Å². The van der Waals surface area contributed by atoms with Crippen LogP contribution in [0.2, 0.25) is 0 Å². The largest absolute Gasteiger partial charge is 0.0996 e. The lowest BCUT2D eigenvalue weighted by Gasteiger charge is -2.12. The SMILES string of the molecule is C=C(CC(C)C=CC)C(C)C. The molecule has 0 saturated heterocycles. The van der Waals surface area contributed by atoms with Gasteiger partial charge in [-0.25, -0.2) is 0 Å². The van der Waals surface area contributed by atoms with Crippen LogP contribution >= 0.6 is 0 Å². The molecule has 11 heavy (non-hydrogen) atoms. The molecule has 0 heterocycles. The second-order valence-electron chi connectivity index (χ2n) is 3.52. The van der Waals surface area contributed by atoms with E-state index in [-0.39, 0.29) is 0 Å². The zero-order valence-corrected chi connectivity index (χ0v) is 8.22. The van der Waals surface area contributed by atoms with Gasteiger partial charge in [-0.2, -0.15) is 0 Å². The van der Waals surface area contributed by atoms with Gasteiger partial charge in [0.15, 0.2) is 0 Å². The van der Waals surface area contributed by atoms with Crippen molar-refractivity contribution in [1.82, 2.24) is 0 Å². The van der Waals surface area contributed by atoms with Crippen LogP contribution in [-0.4, -0.2) is 0 Å². The minimum absolute atomic E-state index is 0.628. The Morgan fingerprint density at radius 1 is 1.36 bits per heavy atom. The Bertz CT molecular complexity index is 140. The minimum atomic E-state index is 0.628. The van der Waals surface area contributed by atoms with Crippen LogP contribution in [0.25, 0.3) is 0 Å². The highest BCUT2D eigenvalue weighted by Crippen LogP contribution is 2.17. The van der Waals surface area contributed by atoms with Gasteiger partial charge < -0.3 is 0 Å². The van der Waals surface area contributed by atoms with Crippen LogP contribution < -0.4 is 0 Å². The number of hydrogen-bond acceptors (Lipinski definition) is 0. The summed E-state index contributed by atoms with van der Waals surface area (Å²) in [6, 6.07) is 0. The van der Waals surface area contributed by atoms with Gasteiger partial charge >= 0.3 is 0 Å². The average molecular weight is 152 g/mol. The molecule has 0 aliphatic carbocycles. The molecule has 0 rings (SSSR count). The molecule has 0 aromatic carbocycles. The van der Waals surface area contributed by atoms with Crippen molar-refractivity contribution in [2.45, 2.75) is 34.1 Å². The molecular weight excluding hydrogens is 132 g/mol. The van der Waals surface area contributed by atoms with Gasteiger partial charge in [-0.15, -0.1) is 0 Å². The van der Waals surface area contributed by atoms with E-state index in [2.05, 4.69) is 46.4 Å².